The second-order valence-corrected chi connectivity index (χ2v) is 8.48. The van der Waals surface area contributed by atoms with E-state index in [1.54, 1.807) is 12.5 Å². The molecule has 0 spiro atoms. The molecule has 0 aliphatic rings. The summed E-state index contributed by atoms with van der Waals surface area (Å²) in [7, 11) is 0. The Morgan fingerprint density at radius 1 is 1.06 bits per heavy atom. The zero-order valence-corrected chi connectivity index (χ0v) is 17.6. The Morgan fingerprint density at radius 3 is 2.68 bits per heavy atom. The number of nitrogens with zero attached hydrogens (tertiary/aromatic N) is 4. The van der Waals surface area contributed by atoms with Crippen molar-refractivity contribution in [2.24, 2.45) is 0 Å². The number of carbonyl (C=O) groups is 1. The van der Waals surface area contributed by atoms with E-state index in [0.717, 1.165) is 33.7 Å². The van der Waals surface area contributed by atoms with Crippen LogP contribution in [0.3, 0.4) is 0 Å². The van der Waals surface area contributed by atoms with Gasteiger partial charge in [-0.05, 0) is 43.3 Å². The number of nitrogens with one attached hydrogen (secondary N) is 2. The second-order valence-electron chi connectivity index (χ2n) is 7.15. The first-order valence-electron chi connectivity index (χ1n) is 9.92. The molecule has 0 aliphatic carbocycles. The zero-order chi connectivity index (χ0) is 21.2. The van der Waals surface area contributed by atoms with E-state index in [1.165, 1.54) is 11.8 Å². The van der Waals surface area contributed by atoms with Crippen molar-refractivity contribution >= 4 is 45.4 Å². The monoisotopic (exact) mass is 428 g/mol. The van der Waals surface area contributed by atoms with Gasteiger partial charge in [0.15, 0.2) is 0 Å². The number of benzene rings is 2. The molecule has 7 nitrogen and oxygen atoms in total. The molecule has 3 heterocycles. The summed E-state index contributed by atoms with van der Waals surface area (Å²) in [5.74, 6) is 1.87. The Labute approximate surface area is 182 Å². The molecule has 1 atom stereocenters. The number of pyridine rings is 1. The highest BCUT2D eigenvalue weighted by Gasteiger charge is 2.14. The molecule has 3 aromatic heterocycles. The molecule has 0 aliphatic heterocycles. The summed E-state index contributed by atoms with van der Waals surface area (Å²) in [4.78, 5) is 29.2. The number of para-hydroxylation sites is 4. The summed E-state index contributed by atoms with van der Waals surface area (Å²) >= 11 is 1.54. The number of anilines is 1. The van der Waals surface area contributed by atoms with E-state index in [0.29, 0.717) is 11.4 Å². The van der Waals surface area contributed by atoms with Crippen molar-refractivity contribution < 1.29 is 4.79 Å². The van der Waals surface area contributed by atoms with Crippen molar-refractivity contribution in [1.82, 2.24) is 24.5 Å². The lowest BCUT2D eigenvalue weighted by molar-refractivity contribution is -0.113. The number of rotatable bonds is 6. The van der Waals surface area contributed by atoms with Crippen molar-refractivity contribution in [3.8, 4) is 5.82 Å². The maximum atomic E-state index is 12.4. The Hall–Kier alpha value is -3.65. The van der Waals surface area contributed by atoms with Gasteiger partial charge in [-0.25, -0.2) is 15.0 Å². The molecule has 1 unspecified atom stereocenters. The van der Waals surface area contributed by atoms with Crippen LogP contribution < -0.4 is 5.32 Å². The number of aromatic nitrogens is 5. The average Bonchev–Trinajstić information content (AvgIpc) is 3.42. The largest absolute Gasteiger partial charge is 0.341 e. The van der Waals surface area contributed by atoms with Gasteiger partial charge in [0.1, 0.15) is 18.0 Å². The molecular formula is C23H20N6OS. The van der Waals surface area contributed by atoms with Crippen molar-refractivity contribution in [1.29, 1.82) is 0 Å². The summed E-state index contributed by atoms with van der Waals surface area (Å²) in [6, 6.07) is 19.5. The smallest absolute Gasteiger partial charge is 0.234 e. The van der Waals surface area contributed by atoms with Crippen LogP contribution in [-0.2, 0) is 4.79 Å². The van der Waals surface area contributed by atoms with Crippen molar-refractivity contribution in [3.05, 3.63) is 79.0 Å². The molecule has 31 heavy (non-hydrogen) atoms. The van der Waals surface area contributed by atoms with Crippen LogP contribution in [0, 0.1) is 0 Å². The third-order valence-electron chi connectivity index (χ3n) is 4.99. The SMILES string of the molecule is CC(SCC(=O)Nc1ccc(-n2cnc3ccccc32)nc1)c1nc2ccccc2[nH]1. The molecule has 154 valence electrons. The van der Waals surface area contributed by atoms with Gasteiger partial charge in [0, 0.05) is 0 Å². The first-order chi connectivity index (χ1) is 15.2. The minimum absolute atomic E-state index is 0.0735. The average molecular weight is 429 g/mol. The Bertz CT molecular complexity index is 1320. The molecular weight excluding hydrogens is 408 g/mol. The number of thioether (sulfide) groups is 1. The van der Waals surface area contributed by atoms with E-state index in [4.69, 9.17) is 0 Å². The van der Waals surface area contributed by atoms with Crippen LogP contribution in [0.4, 0.5) is 5.69 Å². The fourth-order valence-corrected chi connectivity index (χ4v) is 4.13. The summed E-state index contributed by atoms with van der Waals surface area (Å²) in [5, 5.41) is 2.98. The van der Waals surface area contributed by atoms with E-state index in [9.17, 15) is 4.79 Å². The molecule has 0 saturated carbocycles. The maximum absolute atomic E-state index is 12.4. The first-order valence-corrected chi connectivity index (χ1v) is 11.0. The maximum Gasteiger partial charge on any atom is 0.234 e. The van der Waals surface area contributed by atoms with Crippen LogP contribution in [0.1, 0.15) is 18.0 Å². The molecule has 5 aromatic rings. The highest BCUT2D eigenvalue weighted by Crippen LogP contribution is 2.27. The molecule has 8 heteroatoms. The van der Waals surface area contributed by atoms with Gasteiger partial charge in [-0.15, -0.1) is 11.8 Å². The van der Waals surface area contributed by atoms with Gasteiger partial charge >= 0.3 is 0 Å². The highest BCUT2D eigenvalue weighted by atomic mass is 32.2. The summed E-state index contributed by atoms with van der Waals surface area (Å²) in [5.41, 5.74) is 4.51. The Kier molecular flexibility index (Phi) is 5.13. The van der Waals surface area contributed by atoms with Crippen LogP contribution in [0.25, 0.3) is 27.9 Å². The lowest BCUT2D eigenvalue weighted by Crippen LogP contribution is -2.15. The lowest BCUT2D eigenvalue weighted by atomic mass is 10.3. The minimum Gasteiger partial charge on any atom is -0.341 e. The molecule has 0 saturated heterocycles. The number of fused-ring (bicyclic) bond motifs is 2. The van der Waals surface area contributed by atoms with Crippen LogP contribution in [0.15, 0.2) is 73.2 Å². The molecule has 5 rings (SSSR count). The van der Waals surface area contributed by atoms with Gasteiger partial charge in [0.2, 0.25) is 5.91 Å². The Morgan fingerprint density at radius 2 is 1.87 bits per heavy atom. The lowest BCUT2D eigenvalue weighted by Gasteiger charge is -2.09. The van der Waals surface area contributed by atoms with Gasteiger partial charge in [-0.3, -0.25) is 9.36 Å². The molecule has 2 N–H and O–H groups in total. The van der Waals surface area contributed by atoms with Gasteiger partial charge in [-0.1, -0.05) is 24.3 Å². The normalized spacial score (nSPS) is 12.3. The molecule has 1 amide bonds. The summed E-state index contributed by atoms with van der Waals surface area (Å²) in [6.45, 7) is 2.04. The standard InChI is InChI=1S/C23H20N6OS/c1-15(23-27-17-6-2-3-7-18(17)28-23)31-13-22(30)26-16-10-11-21(24-12-16)29-14-25-19-8-4-5-9-20(19)29/h2-12,14-15H,13H2,1H3,(H,26,30)(H,27,28). The van der Waals surface area contributed by atoms with Gasteiger partial charge in [-0.2, -0.15) is 0 Å². The van der Waals surface area contributed by atoms with E-state index in [-0.39, 0.29) is 11.2 Å². The fourth-order valence-electron chi connectivity index (χ4n) is 3.39. The predicted molar refractivity (Wildman–Crippen MR) is 124 cm³/mol. The molecule has 2 aromatic carbocycles. The first kappa shape index (κ1) is 19.3. The number of amides is 1. The summed E-state index contributed by atoms with van der Waals surface area (Å²) in [6.07, 6.45) is 3.41. The van der Waals surface area contributed by atoms with E-state index < -0.39 is 0 Å². The second kappa shape index (κ2) is 8.23. The van der Waals surface area contributed by atoms with Crippen LogP contribution in [-0.4, -0.2) is 36.2 Å². The number of imidazole rings is 2. The zero-order valence-electron chi connectivity index (χ0n) is 16.8. The number of aromatic amines is 1. The molecule has 0 radical (unpaired) electrons. The topological polar surface area (TPSA) is 88.5 Å². The van der Waals surface area contributed by atoms with Crippen LogP contribution in [0.2, 0.25) is 0 Å². The number of carbonyl (C=O) groups excluding carboxylic acids is 1. The van der Waals surface area contributed by atoms with Gasteiger partial charge in [0.25, 0.3) is 0 Å². The number of hydrogen-bond acceptors (Lipinski definition) is 5. The van der Waals surface area contributed by atoms with Crippen molar-refractivity contribution in [3.63, 3.8) is 0 Å². The van der Waals surface area contributed by atoms with Crippen LogP contribution in [0.5, 0.6) is 0 Å². The quantitative estimate of drug-likeness (QED) is 0.408. The van der Waals surface area contributed by atoms with E-state index in [1.807, 2.05) is 72.2 Å². The third-order valence-corrected chi connectivity index (χ3v) is 6.14. The van der Waals surface area contributed by atoms with Crippen molar-refractivity contribution in [2.45, 2.75) is 12.2 Å². The predicted octanol–water partition coefficient (Wildman–Crippen LogP) is 4.73. The van der Waals surface area contributed by atoms with Crippen LogP contribution >= 0.6 is 11.8 Å². The number of hydrogen-bond donors (Lipinski definition) is 2. The van der Waals surface area contributed by atoms with Gasteiger partial charge < -0.3 is 10.3 Å². The number of H-pyrrole nitrogens is 1. The Balaban J connectivity index is 1.20. The highest BCUT2D eigenvalue weighted by molar-refractivity contribution is 8.00. The molecule has 0 fully saturated rings. The van der Waals surface area contributed by atoms with E-state index in [2.05, 4.69) is 25.3 Å². The van der Waals surface area contributed by atoms with Crippen molar-refractivity contribution in [2.75, 3.05) is 11.1 Å². The third kappa shape index (κ3) is 4.02. The minimum atomic E-state index is -0.0735. The van der Waals surface area contributed by atoms with E-state index >= 15 is 0 Å². The fraction of sp³-hybridized carbons (Fsp3) is 0.130. The molecule has 0 bridgehead atoms. The summed E-state index contributed by atoms with van der Waals surface area (Å²) < 4.78 is 1.92. The van der Waals surface area contributed by atoms with Gasteiger partial charge in [0.05, 0.1) is 45.0 Å².